The van der Waals surface area contributed by atoms with Crippen LogP contribution in [-0.2, 0) is 6.54 Å². The van der Waals surface area contributed by atoms with E-state index in [9.17, 15) is 0 Å². The van der Waals surface area contributed by atoms with Gasteiger partial charge in [-0.3, -0.25) is 0 Å². The third-order valence-electron chi connectivity index (χ3n) is 5.15. The highest BCUT2D eigenvalue weighted by molar-refractivity contribution is 5.78. The first-order chi connectivity index (χ1) is 13.2. The van der Waals surface area contributed by atoms with E-state index < -0.39 is 0 Å². The van der Waals surface area contributed by atoms with E-state index in [2.05, 4.69) is 15.1 Å². The summed E-state index contributed by atoms with van der Waals surface area (Å²) in [5.74, 6) is 0.448. The number of hydrogen-bond acceptors (Lipinski definition) is 4. The van der Waals surface area contributed by atoms with Gasteiger partial charge in [0.1, 0.15) is 17.2 Å². The van der Waals surface area contributed by atoms with Crippen LogP contribution < -0.4 is 0 Å². The molecule has 0 spiro atoms. The lowest BCUT2D eigenvalue weighted by Gasteiger charge is -2.31. The zero-order valence-corrected chi connectivity index (χ0v) is 14.9. The van der Waals surface area contributed by atoms with Crippen molar-refractivity contribution in [1.29, 1.82) is 0 Å². The Labute approximate surface area is 156 Å². The highest BCUT2D eigenvalue weighted by atomic mass is 19.1. The van der Waals surface area contributed by atoms with E-state index in [1.54, 1.807) is 12.3 Å². The highest BCUT2D eigenvalue weighted by Crippen LogP contribution is 2.38. The molecule has 4 aromatic rings. The van der Waals surface area contributed by atoms with E-state index in [1.165, 1.54) is 0 Å². The second-order valence-corrected chi connectivity index (χ2v) is 7.08. The number of rotatable bonds is 2. The molecule has 0 saturated heterocycles. The molecule has 0 radical (unpaired) electrons. The summed E-state index contributed by atoms with van der Waals surface area (Å²) in [6.45, 7) is 1.41. The topological polar surface area (TPSA) is 42.2 Å². The van der Waals surface area contributed by atoms with Crippen LogP contribution in [0.4, 0.5) is 4.39 Å². The quantitative estimate of drug-likeness (QED) is 0.524. The fraction of sp³-hybridized carbons (Fsp3) is 0.182. The summed E-state index contributed by atoms with van der Waals surface area (Å²) in [7, 11) is 2.05. The highest BCUT2D eigenvalue weighted by Gasteiger charge is 2.31. The molecule has 1 aliphatic rings. The maximum Gasteiger partial charge on any atom is 0.134 e. The average Bonchev–Trinajstić information content (AvgIpc) is 3.12. The molecule has 0 aliphatic carbocycles. The Balaban J connectivity index is 1.64. The summed E-state index contributed by atoms with van der Waals surface area (Å²) >= 11 is 0. The summed E-state index contributed by atoms with van der Waals surface area (Å²) in [5.41, 5.74) is 3.94. The number of benzene rings is 2. The maximum atomic E-state index is 15.2. The Morgan fingerprint density at radius 2 is 2.00 bits per heavy atom. The number of fused-ring (bicyclic) bond motifs is 2. The number of para-hydroxylation sites is 1. The van der Waals surface area contributed by atoms with Gasteiger partial charge in [-0.2, -0.15) is 10.2 Å². The van der Waals surface area contributed by atoms with Gasteiger partial charge in [0.05, 0.1) is 11.6 Å². The fourth-order valence-corrected chi connectivity index (χ4v) is 3.96. The Hall–Kier alpha value is -3.05. The fourth-order valence-electron chi connectivity index (χ4n) is 3.96. The van der Waals surface area contributed by atoms with E-state index in [0.717, 1.165) is 33.4 Å². The second kappa shape index (κ2) is 6.28. The Morgan fingerprint density at radius 3 is 2.81 bits per heavy atom. The van der Waals surface area contributed by atoms with Crippen LogP contribution in [0.1, 0.15) is 22.8 Å². The van der Waals surface area contributed by atoms with Gasteiger partial charge in [-0.25, -0.2) is 4.39 Å². The van der Waals surface area contributed by atoms with Crippen LogP contribution in [0.3, 0.4) is 0 Å². The zero-order chi connectivity index (χ0) is 18.4. The first-order valence-corrected chi connectivity index (χ1v) is 8.96. The molecule has 3 heterocycles. The largest absolute Gasteiger partial charge is 0.460 e. The lowest BCUT2D eigenvalue weighted by atomic mass is 9.86. The molecule has 0 saturated carbocycles. The van der Waals surface area contributed by atoms with Crippen LogP contribution in [0, 0.1) is 5.82 Å². The standard InChI is InChI=1S/C22H18FN3O/c1-26-12-16-9-15(19-6-4-8-24-25-19)10-18(23)22(16)17(13-26)21-11-14-5-2-3-7-20(14)27-21/h2-11,17H,12-13H2,1H3. The monoisotopic (exact) mass is 359 g/mol. The van der Waals surface area contributed by atoms with Crippen molar-refractivity contribution in [3.05, 3.63) is 83.5 Å². The summed E-state index contributed by atoms with van der Waals surface area (Å²) < 4.78 is 21.3. The van der Waals surface area contributed by atoms with Crippen molar-refractivity contribution in [2.24, 2.45) is 0 Å². The van der Waals surface area contributed by atoms with Crippen molar-refractivity contribution in [2.45, 2.75) is 12.5 Å². The van der Waals surface area contributed by atoms with Crippen LogP contribution in [-0.4, -0.2) is 28.7 Å². The lowest BCUT2D eigenvalue weighted by molar-refractivity contribution is 0.278. The molecule has 5 rings (SSSR count). The Bertz CT molecular complexity index is 1090. The molecule has 0 N–H and O–H groups in total. The third-order valence-corrected chi connectivity index (χ3v) is 5.15. The minimum Gasteiger partial charge on any atom is -0.460 e. The number of halogens is 1. The van der Waals surface area contributed by atoms with E-state index in [-0.39, 0.29) is 11.7 Å². The van der Waals surface area contributed by atoms with Gasteiger partial charge in [0.25, 0.3) is 0 Å². The predicted octanol–water partition coefficient (Wildman–Crippen LogP) is 4.61. The molecule has 0 bridgehead atoms. The molecule has 4 nitrogen and oxygen atoms in total. The molecule has 134 valence electrons. The lowest BCUT2D eigenvalue weighted by Crippen LogP contribution is -2.31. The molecular formula is C22H18FN3O. The van der Waals surface area contributed by atoms with Gasteiger partial charge in [0.15, 0.2) is 0 Å². The molecule has 2 aromatic heterocycles. The summed E-state index contributed by atoms with van der Waals surface area (Å²) in [5, 5.41) is 9.06. The summed E-state index contributed by atoms with van der Waals surface area (Å²) in [4.78, 5) is 2.19. The van der Waals surface area contributed by atoms with Gasteiger partial charge < -0.3 is 9.32 Å². The third kappa shape index (κ3) is 2.80. The number of aromatic nitrogens is 2. The first kappa shape index (κ1) is 16.1. The molecule has 0 fully saturated rings. The van der Waals surface area contributed by atoms with Crippen molar-refractivity contribution in [3.8, 4) is 11.3 Å². The minimum atomic E-state index is -0.216. The van der Waals surface area contributed by atoms with Gasteiger partial charge in [0, 0.05) is 35.8 Å². The Kier molecular flexibility index (Phi) is 3.76. The zero-order valence-electron chi connectivity index (χ0n) is 14.9. The number of likely N-dealkylation sites (N-methyl/N-ethyl adjacent to an activating group) is 1. The van der Waals surface area contributed by atoms with Gasteiger partial charge in [-0.15, -0.1) is 0 Å². The van der Waals surface area contributed by atoms with Crippen LogP contribution >= 0.6 is 0 Å². The molecule has 2 aromatic carbocycles. The van der Waals surface area contributed by atoms with Crippen LogP contribution in [0.15, 0.2) is 65.2 Å². The Morgan fingerprint density at radius 1 is 1.11 bits per heavy atom. The van der Waals surface area contributed by atoms with Crippen molar-refractivity contribution >= 4 is 11.0 Å². The van der Waals surface area contributed by atoms with Gasteiger partial charge in [-0.1, -0.05) is 18.2 Å². The molecule has 1 atom stereocenters. The van der Waals surface area contributed by atoms with E-state index >= 15 is 4.39 Å². The summed E-state index contributed by atoms with van der Waals surface area (Å²) in [6, 6.07) is 17.2. The van der Waals surface area contributed by atoms with Crippen molar-refractivity contribution in [2.75, 3.05) is 13.6 Å². The number of hydrogen-bond donors (Lipinski definition) is 0. The van der Waals surface area contributed by atoms with E-state index in [1.807, 2.05) is 55.6 Å². The SMILES string of the molecule is CN1Cc2cc(-c3cccnn3)cc(F)c2C(c2cc3ccccc3o2)C1. The smallest absolute Gasteiger partial charge is 0.134 e. The molecule has 5 heteroatoms. The average molecular weight is 359 g/mol. The number of nitrogens with zero attached hydrogens (tertiary/aromatic N) is 3. The van der Waals surface area contributed by atoms with E-state index in [0.29, 0.717) is 18.8 Å². The molecule has 1 unspecified atom stereocenters. The second-order valence-electron chi connectivity index (χ2n) is 7.08. The molecular weight excluding hydrogens is 341 g/mol. The van der Waals surface area contributed by atoms with Crippen molar-refractivity contribution in [3.63, 3.8) is 0 Å². The first-order valence-electron chi connectivity index (χ1n) is 8.96. The minimum absolute atomic E-state index is 0.137. The van der Waals surface area contributed by atoms with Gasteiger partial charge in [-0.05, 0) is 49.0 Å². The van der Waals surface area contributed by atoms with Gasteiger partial charge in [0.2, 0.25) is 0 Å². The van der Waals surface area contributed by atoms with Gasteiger partial charge >= 0.3 is 0 Å². The summed E-state index contributed by atoms with van der Waals surface area (Å²) in [6.07, 6.45) is 1.61. The van der Waals surface area contributed by atoms with Crippen molar-refractivity contribution in [1.82, 2.24) is 15.1 Å². The molecule has 1 aliphatic heterocycles. The van der Waals surface area contributed by atoms with Crippen LogP contribution in [0.2, 0.25) is 0 Å². The van der Waals surface area contributed by atoms with E-state index in [4.69, 9.17) is 4.42 Å². The molecule has 0 amide bonds. The number of furan rings is 1. The maximum absolute atomic E-state index is 15.2. The predicted molar refractivity (Wildman–Crippen MR) is 102 cm³/mol. The normalized spacial score (nSPS) is 17.2. The molecule has 27 heavy (non-hydrogen) atoms. The van der Waals surface area contributed by atoms with Crippen molar-refractivity contribution < 1.29 is 8.81 Å². The van der Waals surface area contributed by atoms with Crippen LogP contribution in [0.5, 0.6) is 0 Å². The van der Waals surface area contributed by atoms with Crippen LogP contribution in [0.25, 0.3) is 22.2 Å².